The first kappa shape index (κ1) is 22.5. The van der Waals surface area contributed by atoms with Crippen LogP contribution < -0.4 is 10.1 Å². The third-order valence-corrected chi connectivity index (χ3v) is 7.51. The lowest BCUT2D eigenvalue weighted by Gasteiger charge is -2.19. The Balaban J connectivity index is 1.23. The van der Waals surface area contributed by atoms with E-state index in [2.05, 4.69) is 34.3 Å². The summed E-state index contributed by atoms with van der Waals surface area (Å²) in [5, 5.41) is 3.17. The average Bonchev–Trinajstić information content (AvgIpc) is 3.62. The zero-order valence-corrected chi connectivity index (χ0v) is 20.8. The fraction of sp³-hybridized carbons (Fsp3) is 0.222. The number of thiophene rings is 1. The first-order chi connectivity index (χ1) is 17.5. The average molecular weight is 500 g/mol. The van der Waals surface area contributed by atoms with Gasteiger partial charge in [-0.2, -0.15) is 4.98 Å². The van der Waals surface area contributed by atoms with Crippen molar-refractivity contribution in [3.8, 4) is 11.5 Å². The van der Waals surface area contributed by atoms with Crippen molar-refractivity contribution >= 4 is 50.3 Å². The molecule has 9 heteroatoms. The van der Waals surface area contributed by atoms with Crippen molar-refractivity contribution in [2.24, 2.45) is 0 Å². The van der Waals surface area contributed by atoms with E-state index >= 15 is 0 Å². The van der Waals surface area contributed by atoms with Gasteiger partial charge in [0, 0.05) is 43.1 Å². The van der Waals surface area contributed by atoms with E-state index in [4.69, 9.17) is 9.15 Å². The molecule has 0 spiro atoms. The van der Waals surface area contributed by atoms with E-state index in [0.717, 1.165) is 35.4 Å². The number of hydrogen-bond acceptors (Lipinski definition) is 8. The summed E-state index contributed by atoms with van der Waals surface area (Å²) < 4.78 is 12.9. The Morgan fingerprint density at radius 3 is 2.81 bits per heavy atom. The van der Waals surface area contributed by atoms with E-state index in [1.54, 1.807) is 6.20 Å². The van der Waals surface area contributed by atoms with Gasteiger partial charge in [0.2, 0.25) is 0 Å². The van der Waals surface area contributed by atoms with Crippen LogP contribution in [0.4, 0.5) is 11.7 Å². The zero-order valence-electron chi connectivity index (χ0n) is 20.0. The summed E-state index contributed by atoms with van der Waals surface area (Å²) in [6.45, 7) is 1.52. The molecule has 0 saturated carbocycles. The van der Waals surface area contributed by atoms with E-state index in [1.165, 1.54) is 11.3 Å². The second kappa shape index (κ2) is 9.25. The van der Waals surface area contributed by atoms with E-state index < -0.39 is 0 Å². The molecule has 1 aliphatic heterocycles. The molecule has 1 N–H and O–H groups in total. The molecule has 36 heavy (non-hydrogen) atoms. The molecule has 0 bridgehead atoms. The number of likely N-dealkylation sites (tertiary alicyclic amines) is 1. The Morgan fingerprint density at radius 1 is 1.14 bits per heavy atom. The van der Waals surface area contributed by atoms with Crippen molar-refractivity contribution in [2.45, 2.75) is 12.5 Å². The lowest BCUT2D eigenvalue weighted by molar-refractivity contribution is 0.0788. The quantitative estimate of drug-likeness (QED) is 0.318. The van der Waals surface area contributed by atoms with E-state index in [9.17, 15) is 4.79 Å². The Morgan fingerprint density at radius 2 is 2.00 bits per heavy atom. The summed E-state index contributed by atoms with van der Waals surface area (Å²) in [5.41, 5.74) is 2.99. The van der Waals surface area contributed by atoms with Gasteiger partial charge in [0.05, 0.1) is 15.1 Å². The van der Waals surface area contributed by atoms with E-state index in [1.807, 2.05) is 65.6 Å². The number of carbonyl (C=O) groups excluding carboxylic acids is 1. The molecule has 0 unspecified atom stereocenters. The van der Waals surface area contributed by atoms with Crippen molar-refractivity contribution < 1.29 is 13.9 Å². The fourth-order valence-electron chi connectivity index (χ4n) is 4.40. The van der Waals surface area contributed by atoms with Crippen LogP contribution in [0.25, 0.3) is 21.3 Å². The molecule has 2 aromatic carbocycles. The Hall–Kier alpha value is -3.95. The van der Waals surface area contributed by atoms with Gasteiger partial charge in [0.25, 0.3) is 11.9 Å². The number of anilines is 2. The van der Waals surface area contributed by atoms with Crippen LogP contribution >= 0.6 is 11.3 Å². The number of ether oxygens (including phenoxy) is 1. The zero-order chi connectivity index (χ0) is 24.6. The van der Waals surface area contributed by atoms with Crippen LogP contribution in [0.1, 0.15) is 16.1 Å². The van der Waals surface area contributed by atoms with Crippen LogP contribution in [0.15, 0.2) is 71.3 Å². The van der Waals surface area contributed by atoms with Crippen LogP contribution in [-0.2, 0) is 0 Å². The lowest BCUT2D eigenvalue weighted by Crippen LogP contribution is -2.34. The molecule has 4 heterocycles. The molecule has 182 valence electrons. The molecule has 1 amide bonds. The summed E-state index contributed by atoms with van der Waals surface area (Å²) >= 11 is 1.42. The smallest absolute Gasteiger partial charge is 0.300 e. The molecule has 8 nitrogen and oxygen atoms in total. The normalized spacial score (nSPS) is 15.8. The molecule has 0 radical (unpaired) electrons. The topological polar surface area (TPSA) is 83.7 Å². The number of para-hydroxylation sites is 1. The third kappa shape index (κ3) is 4.38. The number of benzene rings is 2. The lowest BCUT2D eigenvalue weighted by atomic mass is 10.2. The molecule has 5 aromatic rings. The summed E-state index contributed by atoms with van der Waals surface area (Å²) in [5.74, 6) is 1.34. The van der Waals surface area contributed by atoms with Crippen LogP contribution in [0.3, 0.4) is 0 Å². The van der Waals surface area contributed by atoms with Crippen LogP contribution in [-0.4, -0.2) is 58.9 Å². The largest absolute Gasteiger partial charge is 0.456 e. The second-order valence-electron chi connectivity index (χ2n) is 9.03. The molecule has 6 rings (SSSR count). The number of fused-ring (bicyclic) bond motifs is 2. The van der Waals surface area contributed by atoms with Gasteiger partial charge in [-0.25, -0.2) is 0 Å². The minimum Gasteiger partial charge on any atom is -0.456 e. The standard InChI is InChI=1S/C27H25N5O3S/c1-31(2)18-11-13-32(16-18)26(33)24-15-21-25(36-24)23(10-12-28-21)34-19-8-9-22-20(14-19)30-27(35-22)29-17-6-4-3-5-7-17/h3-10,12,14-15,18H,11,13,16H2,1-2H3,(H,29,30)/t18-/m0/s1. The number of likely N-dealkylation sites (N-methyl/N-ethyl adjacent to an activating group) is 1. The van der Waals surface area contributed by atoms with Gasteiger partial charge in [0.1, 0.15) is 17.0 Å². The molecule has 1 saturated heterocycles. The van der Waals surface area contributed by atoms with Gasteiger partial charge in [-0.1, -0.05) is 18.2 Å². The van der Waals surface area contributed by atoms with E-state index in [0.29, 0.717) is 39.5 Å². The van der Waals surface area contributed by atoms with Gasteiger partial charge in [-0.15, -0.1) is 11.3 Å². The molecule has 1 atom stereocenters. The number of carbonyl (C=O) groups is 1. The van der Waals surface area contributed by atoms with Crippen LogP contribution in [0.2, 0.25) is 0 Å². The SMILES string of the molecule is CN(C)[C@H]1CCN(C(=O)c2cc3nccc(Oc4ccc5oc(Nc6ccccc6)nc5c4)c3s2)C1. The Labute approximate surface area is 212 Å². The highest BCUT2D eigenvalue weighted by atomic mass is 32.1. The predicted molar refractivity (Wildman–Crippen MR) is 141 cm³/mol. The Bertz CT molecular complexity index is 1550. The number of pyridine rings is 1. The predicted octanol–water partition coefficient (Wildman–Crippen LogP) is 5.75. The number of aromatic nitrogens is 2. The maximum atomic E-state index is 13.2. The molecule has 0 aliphatic carbocycles. The monoisotopic (exact) mass is 499 g/mol. The summed E-state index contributed by atoms with van der Waals surface area (Å²) in [4.78, 5) is 26.9. The highest BCUT2D eigenvalue weighted by molar-refractivity contribution is 7.21. The fourth-order valence-corrected chi connectivity index (χ4v) is 5.43. The number of nitrogens with zero attached hydrogens (tertiary/aromatic N) is 4. The minimum absolute atomic E-state index is 0.0516. The van der Waals surface area contributed by atoms with Crippen molar-refractivity contribution in [3.05, 3.63) is 71.7 Å². The minimum atomic E-state index is 0.0516. The van der Waals surface area contributed by atoms with Gasteiger partial charge in [-0.3, -0.25) is 9.78 Å². The highest BCUT2D eigenvalue weighted by Crippen LogP contribution is 2.36. The van der Waals surface area contributed by atoms with Gasteiger partial charge in [-0.05, 0) is 50.8 Å². The van der Waals surface area contributed by atoms with Crippen molar-refractivity contribution in [2.75, 3.05) is 32.5 Å². The van der Waals surface area contributed by atoms with Gasteiger partial charge < -0.3 is 24.3 Å². The molecule has 1 aliphatic rings. The molecule has 3 aromatic heterocycles. The summed E-state index contributed by atoms with van der Waals surface area (Å²) in [7, 11) is 4.12. The number of hydrogen-bond donors (Lipinski definition) is 1. The highest BCUT2D eigenvalue weighted by Gasteiger charge is 2.29. The number of rotatable bonds is 6. The van der Waals surface area contributed by atoms with Crippen molar-refractivity contribution in [1.29, 1.82) is 0 Å². The molecular formula is C27H25N5O3S. The maximum Gasteiger partial charge on any atom is 0.300 e. The number of oxazole rings is 1. The first-order valence-corrected chi connectivity index (χ1v) is 12.6. The number of nitrogens with one attached hydrogen (secondary N) is 1. The Kier molecular flexibility index (Phi) is 5.79. The maximum absolute atomic E-state index is 13.2. The third-order valence-electron chi connectivity index (χ3n) is 6.38. The van der Waals surface area contributed by atoms with Crippen LogP contribution in [0.5, 0.6) is 11.5 Å². The first-order valence-electron chi connectivity index (χ1n) is 11.8. The van der Waals surface area contributed by atoms with Crippen molar-refractivity contribution in [1.82, 2.24) is 19.8 Å². The van der Waals surface area contributed by atoms with E-state index in [-0.39, 0.29) is 5.91 Å². The molecular weight excluding hydrogens is 474 g/mol. The number of amides is 1. The molecule has 1 fully saturated rings. The summed E-state index contributed by atoms with van der Waals surface area (Å²) in [6.07, 6.45) is 2.69. The van der Waals surface area contributed by atoms with Gasteiger partial charge in [0.15, 0.2) is 5.58 Å². The second-order valence-corrected chi connectivity index (χ2v) is 10.1. The summed E-state index contributed by atoms with van der Waals surface area (Å²) in [6, 6.07) is 19.8. The van der Waals surface area contributed by atoms with Gasteiger partial charge >= 0.3 is 0 Å². The van der Waals surface area contributed by atoms with Crippen molar-refractivity contribution in [3.63, 3.8) is 0 Å². The van der Waals surface area contributed by atoms with Crippen LogP contribution in [0, 0.1) is 0 Å².